The Labute approximate surface area is 199 Å². The van der Waals surface area contributed by atoms with Gasteiger partial charge in [0.25, 0.3) is 5.56 Å². The number of fused-ring (bicyclic) bond motifs is 1. The Hall–Kier alpha value is -2.55. The molecule has 0 saturated carbocycles. The van der Waals surface area contributed by atoms with Gasteiger partial charge in [0, 0.05) is 18.7 Å². The Kier molecular flexibility index (Phi) is 8.19. The van der Waals surface area contributed by atoms with Crippen molar-refractivity contribution in [2.24, 2.45) is 5.73 Å². The maximum absolute atomic E-state index is 13.1. The van der Waals surface area contributed by atoms with E-state index in [1.165, 1.54) is 13.1 Å². The second kappa shape index (κ2) is 10.6. The van der Waals surface area contributed by atoms with Crippen molar-refractivity contribution in [3.63, 3.8) is 0 Å². The number of carbonyl (C=O) groups excluding carboxylic acids is 2. The lowest BCUT2D eigenvalue weighted by molar-refractivity contribution is -0.150. The minimum atomic E-state index is -4.16. The summed E-state index contributed by atoms with van der Waals surface area (Å²) in [6.07, 6.45) is -3.03. The molecule has 35 heavy (non-hydrogen) atoms. The van der Waals surface area contributed by atoms with E-state index in [0.29, 0.717) is 0 Å². The summed E-state index contributed by atoms with van der Waals surface area (Å²) in [5, 5.41) is 2.32. The summed E-state index contributed by atoms with van der Waals surface area (Å²) >= 11 is 0. The van der Waals surface area contributed by atoms with E-state index in [2.05, 4.69) is 15.0 Å². The van der Waals surface area contributed by atoms with Crippen molar-refractivity contribution in [3.8, 4) is 0 Å². The van der Waals surface area contributed by atoms with Crippen molar-refractivity contribution < 1.29 is 41.9 Å². The quantitative estimate of drug-likeness (QED) is 0.301. The van der Waals surface area contributed by atoms with E-state index in [0.717, 1.165) is 17.7 Å². The highest BCUT2D eigenvalue weighted by molar-refractivity contribution is 7.48. The van der Waals surface area contributed by atoms with E-state index in [1.54, 1.807) is 13.8 Å². The molecule has 0 aliphatic carbocycles. The highest BCUT2D eigenvalue weighted by Crippen LogP contribution is 2.58. The number of nitrogens with two attached hydrogens (primary N) is 1. The fraction of sp³-hybridized carbons (Fsp3) is 0.684. The number of phosphoric acid groups is 1. The van der Waals surface area contributed by atoms with Gasteiger partial charge in [-0.3, -0.25) is 27.9 Å². The number of alkyl carbamates (subject to hydrolysis) is 1. The molecule has 0 unspecified atom stereocenters. The van der Waals surface area contributed by atoms with Crippen LogP contribution in [0.3, 0.4) is 0 Å². The van der Waals surface area contributed by atoms with Crippen LogP contribution in [0.1, 0.15) is 33.4 Å². The Morgan fingerprint density at radius 1 is 1.40 bits per heavy atom. The molecule has 2 saturated heterocycles. The van der Waals surface area contributed by atoms with Crippen molar-refractivity contribution in [3.05, 3.63) is 33.1 Å². The number of methoxy groups -OCH3 is 1. The molecule has 196 valence electrons. The van der Waals surface area contributed by atoms with Crippen molar-refractivity contribution in [1.29, 1.82) is 0 Å². The Morgan fingerprint density at radius 3 is 2.74 bits per heavy atom. The number of carbonyl (C=O) groups is 2. The van der Waals surface area contributed by atoms with E-state index in [1.807, 2.05) is 0 Å². The van der Waals surface area contributed by atoms with Crippen LogP contribution in [-0.2, 0) is 37.1 Å². The smallest absolute Gasteiger partial charge is 0.461 e. The van der Waals surface area contributed by atoms with Crippen molar-refractivity contribution in [2.45, 2.75) is 63.3 Å². The maximum Gasteiger partial charge on any atom is 0.475 e. The highest BCUT2D eigenvalue weighted by atomic mass is 31.2. The summed E-state index contributed by atoms with van der Waals surface area (Å²) in [4.78, 5) is 49.5. The van der Waals surface area contributed by atoms with Crippen LogP contribution in [0.25, 0.3) is 0 Å². The summed E-state index contributed by atoms with van der Waals surface area (Å²) in [6.45, 7) is 4.28. The van der Waals surface area contributed by atoms with E-state index in [9.17, 15) is 23.7 Å². The zero-order chi connectivity index (χ0) is 26.0. The van der Waals surface area contributed by atoms with Gasteiger partial charge < -0.3 is 25.3 Å². The molecule has 2 aliphatic heterocycles. The fourth-order valence-electron chi connectivity index (χ4n) is 3.66. The third-order valence-electron chi connectivity index (χ3n) is 5.30. The standard InChI is InChI=1S/C19H29N4O11P/c1-10(2)32-15(25)11(21-18(27)29-4)6-8-30-35(28)31-9-12-14(34-35)19(3,20)16(33-12)23-7-5-13(24)22-17(23)26/h5,7,10-12,14,16H,6,8-9,20H2,1-4H3,(H,21,27)(H,22,24,26)/t11-,12+,14+,16+,19+,35+/m0/s1. The SMILES string of the molecule is COC(=O)N[C@@H](CCO[P@]1(=O)OC[C@H]2O[C@@H](n3ccc(=O)[nH]c3=O)[C@](C)(N)[C@@H]2O1)C(=O)OC(C)C. The molecular formula is C19H29N4O11P. The van der Waals surface area contributed by atoms with E-state index in [4.69, 9.17) is 28.8 Å². The lowest BCUT2D eigenvalue weighted by atomic mass is 9.93. The van der Waals surface area contributed by atoms with Gasteiger partial charge in [-0.25, -0.2) is 18.9 Å². The maximum atomic E-state index is 13.1. The van der Waals surface area contributed by atoms with Crippen LogP contribution < -0.4 is 22.3 Å². The molecule has 0 spiro atoms. The van der Waals surface area contributed by atoms with Gasteiger partial charge in [0.1, 0.15) is 18.2 Å². The van der Waals surface area contributed by atoms with Crippen LogP contribution in [0, 0.1) is 0 Å². The first-order valence-corrected chi connectivity index (χ1v) is 12.2. The van der Waals surface area contributed by atoms with Crippen molar-refractivity contribution in [1.82, 2.24) is 14.9 Å². The van der Waals surface area contributed by atoms with Crippen LogP contribution in [0.5, 0.6) is 0 Å². The van der Waals surface area contributed by atoms with Gasteiger partial charge in [-0.1, -0.05) is 0 Å². The van der Waals surface area contributed by atoms with Crippen LogP contribution in [0.2, 0.25) is 0 Å². The van der Waals surface area contributed by atoms with Gasteiger partial charge >= 0.3 is 25.6 Å². The molecule has 0 radical (unpaired) electrons. The third-order valence-corrected chi connectivity index (χ3v) is 6.75. The second-order valence-electron chi connectivity index (χ2n) is 8.48. The van der Waals surface area contributed by atoms with Crippen LogP contribution in [0.15, 0.2) is 21.9 Å². The van der Waals surface area contributed by atoms with Gasteiger partial charge in [0.05, 0.1) is 32.0 Å². The van der Waals surface area contributed by atoms with E-state index >= 15 is 0 Å². The minimum Gasteiger partial charge on any atom is -0.461 e. The molecule has 1 aromatic rings. The topological polar surface area (TPSA) is 199 Å². The molecule has 1 amide bonds. The fourth-order valence-corrected chi connectivity index (χ4v) is 5.15. The largest absolute Gasteiger partial charge is 0.475 e. The first-order chi connectivity index (χ1) is 16.4. The number of aromatic amines is 1. The number of amides is 1. The summed E-state index contributed by atoms with van der Waals surface area (Å²) in [7, 11) is -3.02. The lowest BCUT2D eigenvalue weighted by Gasteiger charge is -2.35. The Balaban J connectivity index is 1.67. The number of esters is 1. The molecule has 2 fully saturated rings. The Bertz CT molecular complexity index is 1100. The molecule has 0 aromatic carbocycles. The zero-order valence-corrected chi connectivity index (χ0v) is 20.5. The number of nitrogens with zero attached hydrogens (tertiary/aromatic N) is 1. The predicted octanol–water partition coefficient (Wildman–Crippen LogP) is -0.242. The van der Waals surface area contributed by atoms with E-state index in [-0.39, 0.29) is 19.6 Å². The number of nitrogens with one attached hydrogen (secondary N) is 2. The van der Waals surface area contributed by atoms with Crippen molar-refractivity contribution in [2.75, 3.05) is 20.3 Å². The lowest BCUT2D eigenvalue weighted by Crippen LogP contribution is -2.55. The average Bonchev–Trinajstić information content (AvgIpc) is 3.02. The summed E-state index contributed by atoms with van der Waals surface area (Å²) in [5.41, 5.74) is 3.72. The third kappa shape index (κ3) is 6.18. The summed E-state index contributed by atoms with van der Waals surface area (Å²) in [5.74, 6) is -0.731. The van der Waals surface area contributed by atoms with Gasteiger partial charge in [0.15, 0.2) is 6.23 Å². The molecule has 0 bridgehead atoms. The van der Waals surface area contributed by atoms with Gasteiger partial charge in [0.2, 0.25) is 0 Å². The molecule has 3 heterocycles. The van der Waals surface area contributed by atoms with Crippen LogP contribution in [0.4, 0.5) is 4.79 Å². The van der Waals surface area contributed by atoms with Crippen LogP contribution in [-0.4, -0.2) is 71.8 Å². The molecule has 1 aromatic heterocycles. The normalized spacial score (nSPS) is 31.0. The highest BCUT2D eigenvalue weighted by Gasteiger charge is 2.59. The number of aromatic nitrogens is 2. The molecule has 15 nitrogen and oxygen atoms in total. The molecule has 4 N–H and O–H groups in total. The van der Waals surface area contributed by atoms with Gasteiger partial charge in [-0.15, -0.1) is 0 Å². The molecule has 3 rings (SSSR count). The monoisotopic (exact) mass is 520 g/mol. The zero-order valence-electron chi connectivity index (χ0n) is 19.6. The number of hydrogen-bond donors (Lipinski definition) is 3. The molecule has 2 aliphatic rings. The summed E-state index contributed by atoms with van der Waals surface area (Å²) in [6, 6.07) is -0.00266. The molecule has 16 heteroatoms. The predicted molar refractivity (Wildman–Crippen MR) is 117 cm³/mol. The minimum absolute atomic E-state index is 0.128. The van der Waals surface area contributed by atoms with Crippen molar-refractivity contribution >= 4 is 19.9 Å². The Morgan fingerprint density at radius 2 is 2.11 bits per heavy atom. The molecular weight excluding hydrogens is 491 g/mol. The first kappa shape index (κ1) is 27.0. The second-order valence-corrected chi connectivity index (χ2v) is 10.1. The number of hydrogen-bond acceptors (Lipinski definition) is 12. The number of rotatable bonds is 8. The van der Waals surface area contributed by atoms with Gasteiger partial charge in [-0.05, 0) is 20.8 Å². The first-order valence-electron chi connectivity index (χ1n) is 10.7. The van der Waals surface area contributed by atoms with E-state index < -0.39 is 67.3 Å². The van der Waals surface area contributed by atoms with Gasteiger partial charge in [-0.2, -0.15) is 0 Å². The summed E-state index contributed by atoms with van der Waals surface area (Å²) < 4.78 is 45.8. The van der Waals surface area contributed by atoms with Crippen LogP contribution >= 0.6 is 7.82 Å². The average molecular weight is 520 g/mol. The number of phosphoric ester groups is 1. The number of ether oxygens (including phenoxy) is 3. The molecule has 6 atom stereocenters. The number of H-pyrrole nitrogens is 1.